The van der Waals surface area contributed by atoms with Crippen LogP contribution in [0.15, 0.2) is 57.7 Å². The molecule has 31 heavy (non-hydrogen) atoms. The maximum absolute atomic E-state index is 12.4. The van der Waals surface area contributed by atoms with Crippen LogP contribution >= 0.6 is 15.9 Å². The molecule has 3 heterocycles. The summed E-state index contributed by atoms with van der Waals surface area (Å²) in [6.45, 7) is 4.18. The zero-order valence-corrected chi connectivity index (χ0v) is 19.1. The zero-order valence-electron chi connectivity index (χ0n) is 17.5. The summed E-state index contributed by atoms with van der Waals surface area (Å²) in [5.41, 5.74) is 1.97. The van der Waals surface area contributed by atoms with E-state index in [-0.39, 0.29) is 11.9 Å². The average molecular weight is 484 g/mol. The third-order valence-corrected chi connectivity index (χ3v) is 6.25. The number of nitrogens with one attached hydrogen (secondary N) is 1. The maximum Gasteiger partial charge on any atom is 0.227 e. The Hall–Kier alpha value is -2.58. The summed E-state index contributed by atoms with van der Waals surface area (Å²) in [5.74, 6) is 0.925. The Morgan fingerprint density at radius 1 is 1.23 bits per heavy atom. The van der Waals surface area contributed by atoms with E-state index in [1.54, 1.807) is 6.20 Å². The summed E-state index contributed by atoms with van der Waals surface area (Å²) in [4.78, 5) is 23.4. The van der Waals surface area contributed by atoms with Crippen LogP contribution in [0.5, 0.6) is 0 Å². The number of hydrogen-bond acceptors (Lipinski definition) is 6. The molecule has 2 aromatic heterocycles. The Labute approximate surface area is 190 Å². The van der Waals surface area contributed by atoms with Gasteiger partial charge in [0.05, 0.1) is 0 Å². The van der Waals surface area contributed by atoms with Crippen LogP contribution in [0.25, 0.3) is 11.5 Å². The molecule has 1 aliphatic rings. The van der Waals surface area contributed by atoms with Crippen molar-refractivity contribution in [2.45, 2.75) is 44.7 Å². The summed E-state index contributed by atoms with van der Waals surface area (Å²) in [7, 11) is 0. The molecular weight excluding hydrogens is 458 g/mol. The molecule has 1 amide bonds. The Balaban J connectivity index is 1.21. The van der Waals surface area contributed by atoms with E-state index in [0.717, 1.165) is 30.4 Å². The minimum Gasteiger partial charge on any atom is -0.353 e. The Morgan fingerprint density at radius 2 is 2.00 bits per heavy atom. The molecule has 7 nitrogen and oxygen atoms in total. The van der Waals surface area contributed by atoms with Gasteiger partial charge in [-0.1, -0.05) is 39.3 Å². The molecule has 0 saturated carbocycles. The summed E-state index contributed by atoms with van der Waals surface area (Å²) >= 11 is 3.49. The van der Waals surface area contributed by atoms with E-state index in [1.165, 1.54) is 5.56 Å². The van der Waals surface area contributed by atoms with Gasteiger partial charge in [0.25, 0.3) is 0 Å². The molecule has 0 unspecified atom stereocenters. The number of likely N-dealkylation sites (tertiary alicyclic amines) is 1. The van der Waals surface area contributed by atoms with E-state index < -0.39 is 0 Å². The fraction of sp³-hybridized carbons (Fsp3) is 0.391. The number of hydrogen-bond donors (Lipinski definition) is 1. The van der Waals surface area contributed by atoms with E-state index in [1.807, 2.05) is 18.2 Å². The molecular formula is C23H26BrN5O2. The molecule has 1 fully saturated rings. The monoisotopic (exact) mass is 483 g/mol. The molecule has 1 atom stereocenters. The van der Waals surface area contributed by atoms with Crippen molar-refractivity contribution in [2.24, 2.45) is 0 Å². The second-order valence-corrected chi connectivity index (χ2v) is 8.75. The molecule has 1 saturated heterocycles. The van der Waals surface area contributed by atoms with Crippen LogP contribution in [0.4, 0.5) is 0 Å². The normalized spacial score (nSPS) is 16.2. The summed E-state index contributed by atoms with van der Waals surface area (Å²) < 4.78 is 6.35. The van der Waals surface area contributed by atoms with Gasteiger partial charge in [0.2, 0.25) is 17.6 Å². The van der Waals surface area contributed by atoms with Crippen molar-refractivity contribution >= 4 is 21.8 Å². The Kier molecular flexibility index (Phi) is 7.09. The first-order valence-corrected chi connectivity index (χ1v) is 11.4. The van der Waals surface area contributed by atoms with Crippen LogP contribution in [0.3, 0.4) is 0 Å². The van der Waals surface area contributed by atoms with Crippen LogP contribution in [0, 0.1) is 0 Å². The first-order valence-electron chi connectivity index (χ1n) is 10.6. The molecule has 3 aromatic rings. The number of pyridine rings is 1. The van der Waals surface area contributed by atoms with Crippen LogP contribution in [-0.4, -0.2) is 45.1 Å². The number of carbonyl (C=O) groups is 1. The van der Waals surface area contributed by atoms with Crippen molar-refractivity contribution in [3.63, 3.8) is 0 Å². The smallest absolute Gasteiger partial charge is 0.227 e. The van der Waals surface area contributed by atoms with Crippen LogP contribution in [-0.2, 0) is 11.2 Å². The molecule has 0 aliphatic carbocycles. The van der Waals surface area contributed by atoms with Crippen molar-refractivity contribution in [3.8, 4) is 11.5 Å². The highest BCUT2D eigenvalue weighted by Crippen LogP contribution is 2.25. The van der Waals surface area contributed by atoms with Crippen molar-refractivity contribution in [2.75, 3.05) is 13.1 Å². The van der Waals surface area contributed by atoms with Crippen molar-refractivity contribution in [3.05, 3.63) is 64.6 Å². The highest BCUT2D eigenvalue weighted by molar-refractivity contribution is 9.10. The van der Waals surface area contributed by atoms with Crippen molar-refractivity contribution in [1.82, 2.24) is 25.3 Å². The first kappa shape index (κ1) is 21.6. The van der Waals surface area contributed by atoms with Crippen molar-refractivity contribution in [1.29, 1.82) is 0 Å². The second-order valence-electron chi connectivity index (χ2n) is 7.83. The van der Waals surface area contributed by atoms with Gasteiger partial charge in [-0.25, -0.2) is 0 Å². The summed E-state index contributed by atoms with van der Waals surface area (Å²) in [6, 6.07) is 14.6. The Bertz CT molecular complexity index is 985. The number of aryl methyl sites for hydroxylation is 1. The first-order chi connectivity index (χ1) is 15.1. The molecule has 1 N–H and O–H groups in total. The van der Waals surface area contributed by atoms with Gasteiger partial charge in [-0.05, 0) is 49.6 Å². The summed E-state index contributed by atoms with van der Waals surface area (Å²) in [5, 5.41) is 7.11. The quantitative estimate of drug-likeness (QED) is 0.542. The highest BCUT2D eigenvalue weighted by Gasteiger charge is 2.24. The number of aromatic nitrogens is 3. The lowest BCUT2D eigenvalue weighted by atomic mass is 10.00. The van der Waals surface area contributed by atoms with Crippen molar-refractivity contribution < 1.29 is 9.32 Å². The molecule has 8 heteroatoms. The molecule has 0 bridgehead atoms. The lowest BCUT2D eigenvalue weighted by Gasteiger charge is -2.36. The number of benzene rings is 1. The van der Waals surface area contributed by atoms with Crippen LogP contribution in [0.2, 0.25) is 0 Å². The van der Waals surface area contributed by atoms with Gasteiger partial charge in [0.15, 0.2) is 0 Å². The van der Waals surface area contributed by atoms with Gasteiger partial charge in [-0.3, -0.25) is 14.7 Å². The van der Waals surface area contributed by atoms with Gasteiger partial charge >= 0.3 is 0 Å². The number of amides is 1. The number of piperidine rings is 1. The summed E-state index contributed by atoms with van der Waals surface area (Å²) in [6.07, 6.45) is 4.35. The predicted octanol–water partition coefficient (Wildman–Crippen LogP) is 4.17. The fourth-order valence-corrected chi connectivity index (χ4v) is 4.12. The van der Waals surface area contributed by atoms with Crippen LogP contribution < -0.4 is 5.32 Å². The van der Waals surface area contributed by atoms with Gasteiger partial charge in [-0.15, -0.1) is 0 Å². The number of rotatable bonds is 7. The topological polar surface area (TPSA) is 84.2 Å². The molecule has 0 spiro atoms. The van der Waals surface area contributed by atoms with E-state index in [2.05, 4.69) is 72.5 Å². The third kappa shape index (κ3) is 5.77. The molecule has 0 radical (unpaired) electrons. The van der Waals surface area contributed by atoms with Gasteiger partial charge in [-0.2, -0.15) is 4.98 Å². The van der Waals surface area contributed by atoms with Gasteiger partial charge in [0, 0.05) is 48.7 Å². The number of carbonyl (C=O) groups excluding carboxylic acids is 1. The largest absolute Gasteiger partial charge is 0.353 e. The number of nitrogens with zero attached hydrogens (tertiary/aromatic N) is 4. The zero-order chi connectivity index (χ0) is 21.6. The SMILES string of the molecule is C[C@H](c1ccc(Br)cc1)N1CCC(NC(=O)CCc2nc(-c3ccccn3)no2)CC1. The van der Waals surface area contributed by atoms with E-state index in [4.69, 9.17) is 4.52 Å². The van der Waals surface area contributed by atoms with Crippen LogP contribution in [0.1, 0.15) is 43.7 Å². The molecule has 1 aromatic carbocycles. The minimum atomic E-state index is 0.0250. The maximum atomic E-state index is 12.4. The second kappa shape index (κ2) is 10.2. The number of halogens is 1. The minimum absolute atomic E-state index is 0.0250. The van der Waals surface area contributed by atoms with E-state index >= 15 is 0 Å². The predicted molar refractivity (Wildman–Crippen MR) is 121 cm³/mol. The van der Waals surface area contributed by atoms with E-state index in [0.29, 0.717) is 36.3 Å². The van der Waals surface area contributed by atoms with Gasteiger partial charge < -0.3 is 9.84 Å². The third-order valence-electron chi connectivity index (χ3n) is 5.72. The lowest BCUT2D eigenvalue weighted by Crippen LogP contribution is -2.45. The average Bonchev–Trinajstić information content (AvgIpc) is 3.28. The standard InChI is InChI=1S/C23H26BrN5O2/c1-16(17-5-7-18(24)8-6-17)29-14-11-19(12-15-29)26-21(30)9-10-22-27-23(28-31-22)20-4-2-3-13-25-20/h2-8,13,16,19H,9-12,14-15H2,1H3,(H,26,30)/t16-/m1/s1. The molecule has 162 valence electrons. The molecule has 4 rings (SSSR count). The Morgan fingerprint density at radius 3 is 2.71 bits per heavy atom. The fourth-order valence-electron chi connectivity index (χ4n) is 3.86. The molecule has 1 aliphatic heterocycles. The van der Waals surface area contributed by atoms with Gasteiger partial charge in [0.1, 0.15) is 5.69 Å². The highest BCUT2D eigenvalue weighted by atomic mass is 79.9. The van der Waals surface area contributed by atoms with E-state index in [9.17, 15) is 4.79 Å². The lowest BCUT2D eigenvalue weighted by molar-refractivity contribution is -0.122.